The van der Waals surface area contributed by atoms with Gasteiger partial charge in [0.1, 0.15) is 0 Å². The highest BCUT2D eigenvalue weighted by Gasteiger charge is 1.90. The third-order valence-electron chi connectivity index (χ3n) is 1.09. The van der Waals surface area contributed by atoms with Crippen LogP contribution in [0.15, 0.2) is 36.5 Å². The molecule has 0 unspecified atom stereocenters. The normalized spacial score (nSPS) is 11.1. The van der Waals surface area contributed by atoms with E-state index in [1.807, 2.05) is 13.0 Å². The standard InChI is InChI=1S/C8H11Cl/c1-4-5-7(2)8(3)6-9/h4-5H,1,3,6H2,2H3/b7-5-. The Kier molecular flexibility index (Phi) is 4.16. The quantitative estimate of drug-likeness (QED) is 0.420. The van der Waals surface area contributed by atoms with Gasteiger partial charge in [-0.1, -0.05) is 25.3 Å². The number of halogens is 1. The molecule has 0 heterocycles. The highest BCUT2D eigenvalue weighted by molar-refractivity contribution is 6.19. The summed E-state index contributed by atoms with van der Waals surface area (Å²) in [5, 5.41) is 0. The van der Waals surface area contributed by atoms with Crippen LogP contribution in [0.2, 0.25) is 0 Å². The summed E-state index contributed by atoms with van der Waals surface area (Å²) >= 11 is 5.51. The molecule has 0 aromatic carbocycles. The van der Waals surface area contributed by atoms with Crippen LogP contribution in [0.4, 0.5) is 0 Å². The van der Waals surface area contributed by atoms with Crippen LogP contribution in [0.5, 0.6) is 0 Å². The second kappa shape index (κ2) is 4.39. The summed E-state index contributed by atoms with van der Waals surface area (Å²) < 4.78 is 0. The molecular weight excluding hydrogens is 132 g/mol. The average Bonchev–Trinajstić information content (AvgIpc) is 1.87. The Balaban J connectivity index is 4.01. The van der Waals surface area contributed by atoms with Crippen molar-refractivity contribution in [3.8, 4) is 0 Å². The first-order chi connectivity index (χ1) is 4.22. The minimum Gasteiger partial charge on any atom is -0.122 e. The predicted octanol–water partition coefficient (Wildman–Crippen LogP) is 2.91. The molecule has 9 heavy (non-hydrogen) atoms. The summed E-state index contributed by atoms with van der Waals surface area (Å²) in [6.45, 7) is 9.27. The maximum Gasteiger partial charge on any atom is 0.0470 e. The predicted molar refractivity (Wildman–Crippen MR) is 43.8 cm³/mol. The third kappa shape index (κ3) is 3.15. The molecule has 1 heteroatoms. The Labute approximate surface area is 61.5 Å². The van der Waals surface area contributed by atoms with Gasteiger partial charge in [0.2, 0.25) is 0 Å². The van der Waals surface area contributed by atoms with Crippen molar-refractivity contribution in [1.29, 1.82) is 0 Å². The molecular formula is C8H11Cl. The van der Waals surface area contributed by atoms with Gasteiger partial charge in [-0.3, -0.25) is 0 Å². The molecule has 0 spiro atoms. The molecule has 0 N–H and O–H groups in total. The van der Waals surface area contributed by atoms with Crippen molar-refractivity contribution in [2.45, 2.75) is 6.92 Å². The van der Waals surface area contributed by atoms with Gasteiger partial charge in [-0.2, -0.15) is 0 Å². The molecule has 0 radical (unpaired) electrons. The lowest BCUT2D eigenvalue weighted by molar-refractivity contribution is 1.37. The summed E-state index contributed by atoms with van der Waals surface area (Å²) in [7, 11) is 0. The molecule has 0 bridgehead atoms. The molecule has 0 nitrogen and oxygen atoms in total. The van der Waals surface area contributed by atoms with Crippen LogP contribution >= 0.6 is 11.6 Å². The van der Waals surface area contributed by atoms with Crippen LogP contribution in [0.25, 0.3) is 0 Å². The topological polar surface area (TPSA) is 0 Å². The van der Waals surface area contributed by atoms with E-state index in [9.17, 15) is 0 Å². The molecule has 0 aromatic heterocycles. The number of allylic oxidation sites excluding steroid dienone is 4. The summed E-state index contributed by atoms with van der Waals surface area (Å²) in [5.41, 5.74) is 2.05. The Morgan fingerprint density at radius 2 is 2.22 bits per heavy atom. The molecule has 0 amide bonds. The van der Waals surface area contributed by atoms with Gasteiger partial charge in [0.15, 0.2) is 0 Å². The molecule has 0 aliphatic heterocycles. The monoisotopic (exact) mass is 142 g/mol. The van der Waals surface area contributed by atoms with Gasteiger partial charge >= 0.3 is 0 Å². The van der Waals surface area contributed by atoms with E-state index in [1.165, 1.54) is 0 Å². The minimum atomic E-state index is 0.496. The van der Waals surface area contributed by atoms with Crippen LogP contribution in [-0.2, 0) is 0 Å². The second-order valence-corrected chi connectivity index (χ2v) is 2.09. The van der Waals surface area contributed by atoms with Crippen molar-refractivity contribution in [3.05, 3.63) is 36.5 Å². The summed E-state index contributed by atoms with van der Waals surface area (Å²) in [5.74, 6) is 0.496. The van der Waals surface area contributed by atoms with Crippen LogP contribution in [0.1, 0.15) is 6.92 Å². The van der Waals surface area contributed by atoms with Crippen LogP contribution in [0, 0.1) is 0 Å². The fourth-order valence-electron chi connectivity index (χ4n) is 0.400. The van der Waals surface area contributed by atoms with E-state index in [1.54, 1.807) is 6.08 Å². The zero-order valence-corrected chi connectivity index (χ0v) is 6.41. The number of alkyl halides is 1. The zero-order valence-electron chi connectivity index (χ0n) is 5.65. The number of rotatable bonds is 3. The van der Waals surface area contributed by atoms with Gasteiger partial charge in [0, 0.05) is 5.88 Å². The molecule has 0 saturated carbocycles. The lowest BCUT2D eigenvalue weighted by Crippen LogP contribution is -1.82. The van der Waals surface area contributed by atoms with Crippen LogP contribution < -0.4 is 0 Å². The van der Waals surface area contributed by atoms with Gasteiger partial charge in [-0.15, -0.1) is 11.6 Å². The maximum absolute atomic E-state index is 5.51. The molecule has 0 aliphatic rings. The molecule has 50 valence electrons. The largest absolute Gasteiger partial charge is 0.122 e. The van der Waals surface area contributed by atoms with Crippen molar-refractivity contribution in [2.24, 2.45) is 0 Å². The van der Waals surface area contributed by atoms with Gasteiger partial charge < -0.3 is 0 Å². The Hall–Kier alpha value is -0.490. The fourth-order valence-corrected chi connectivity index (χ4v) is 0.611. The van der Waals surface area contributed by atoms with Gasteiger partial charge in [0.05, 0.1) is 0 Å². The Bertz CT molecular complexity index is 143. The first-order valence-corrected chi connectivity index (χ1v) is 3.29. The molecule has 0 saturated heterocycles. The fraction of sp³-hybridized carbons (Fsp3) is 0.250. The maximum atomic E-state index is 5.51. The van der Waals surface area contributed by atoms with E-state index >= 15 is 0 Å². The zero-order chi connectivity index (χ0) is 7.28. The number of hydrogen-bond donors (Lipinski definition) is 0. The lowest BCUT2D eigenvalue weighted by Gasteiger charge is -1.97. The van der Waals surface area contributed by atoms with Crippen LogP contribution in [0.3, 0.4) is 0 Å². The first-order valence-electron chi connectivity index (χ1n) is 2.75. The molecule has 0 atom stereocenters. The van der Waals surface area contributed by atoms with Crippen molar-refractivity contribution in [1.82, 2.24) is 0 Å². The highest BCUT2D eigenvalue weighted by Crippen LogP contribution is 2.07. The Morgan fingerprint density at radius 3 is 2.56 bits per heavy atom. The summed E-state index contributed by atoms with van der Waals surface area (Å²) in [4.78, 5) is 0. The SMILES string of the molecule is C=C/C=C(/C)C(=C)CCl. The van der Waals surface area contributed by atoms with Gasteiger partial charge in [0.25, 0.3) is 0 Å². The minimum absolute atomic E-state index is 0.496. The average molecular weight is 143 g/mol. The molecule has 0 aliphatic carbocycles. The molecule has 0 aromatic rings. The van der Waals surface area contributed by atoms with Crippen LogP contribution in [-0.4, -0.2) is 5.88 Å². The lowest BCUT2D eigenvalue weighted by atomic mass is 10.1. The van der Waals surface area contributed by atoms with E-state index in [0.29, 0.717) is 5.88 Å². The molecule has 0 rings (SSSR count). The van der Waals surface area contributed by atoms with E-state index in [2.05, 4.69) is 13.2 Å². The van der Waals surface area contributed by atoms with Gasteiger partial charge in [-0.25, -0.2) is 0 Å². The first kappa shape index (κ1) is 8.51. The van der Waals surface area contributed by atoms with E-state index in [4.69, 9.17) is 11.6 Å². The Morgan fingerprint density at radius 1 is 1.67 bits per heavy atom. The van der Waals surface area contributed by atoms with E-state index in [0.717, 1.165) is 11.1 Å². The van der Waals surface area contributed by atoms with Crippen molar-refractivity contribution in [3.63, 3.8) is 0 Å². The smallest absolute Gasteiger partial charge is 0.0470 e. The highest BCUT2D eigenvalue weighted by atomic mass is 35.5. The van der Waals surface area contributed by atoms with E-state index < -0.39 is 0 Å². The van der Waals surface area contributed by atoms with E-state index in [-0.39, 0.29) is 0 Å². The van der Waals surface area contributed by atoms with Crippen molar-refractivity contribution < 1.29 is 0 Å². The summed E-state index contributed by atoms with van der Waals surface area (Å²) in [6, 6.07) is 0. The van der Waals surface area contributed by atoms with Gasteiger partial charge in [-0.05, 0) is 18.1 Å². The third-order valence-corrected chi connectivity index (χ3v) is 1.41. The molecule has 0 fully saturated rings. The van der Waals surface area contributed by atoms with Crippen molar-refractivity contribution in [2.75, 3.05) is 5.88 Å². The summed E-state index contributed by atoms with van der Waals surface area (Å²) in [6.07, 6.45) is 3.62. The van der Waals surface area contributed by atoms with Crippen molar-refractivity contribution >= 4 is 11.6 Å². The number of hydrogen-bond acceptors (Lipinski definition) is 0. The second-order valence-electron chi connectivity index (χ2n) is 1.82.